The lowest BCUT2D eigenvalue weighted by atomic mass is 10.2. The third-order valence-corrected chi connectivity index (χ3v) is 3.66. The third kappa shape index (κ3) is 2.82. The van der Waals surface area contributed by atoms with Crippen LogP contribution in [0.4, 0.5) is 0 Å². The highest BCUT2D eigenvalue weighted by atomic mass is 79.9. The number of nitrogens with one attached hydrogen (secondary N) is 1. The van der Waals surface area contributed by atoms with E-state index in [0.717, 1.165) is 8.95 Å². The highest BCUT2D eigenvalue weighted by Gasteiger charge is 2.11. The predicted octanol–water partition coefficient (Wildman–Crippen LogP) is 3.35. The van der Waals surface area contributed by atoms with E-state index >= 15 is 0 Å². The van der Waals surface area contributed by atoms with Crippen molar-refractivity contribution in [2.24, 2.45) is 0 Å². The molecule has 0 aliphatic heterocycles. The van der Waals surface area contributed by atoms with Gasteiger partial charge < -0.3 is 5.32 Å². The summed E-state index contributed by atoms with van der Waals surface area (Å²) in [6.07, 6.45) is 0. The minimum Gasteiger partial charge on any atom is -0.350 e. The van der Waals surface area contributed by atoms with Gasteiger partial charge in [-0.1, -0.05) is 6.07 Å². The van der Waals surface area contributed by atoms with Crippen LogP contribution in [-0.4, -0.2) is 11.9 Å². The Morgan fingerprint density at radius 2 is 2.00 bits per heavy atom. The molecular weight excluding hydrogens is 310 g/mol. The fraction of sp³-hybridized carbons (Fsp3) is 0.300. The molecule has 0 aliphatic carbocycles. The Morgan fingerprint density at radius 3 is 2.57 bits per heavy atom. The second-order valence-corrected chi connectivity index (χ2v) is 4.88. The molecule has 0 unspecified atom stereocenters. The molecule has 0 atom stereocenters. The second-order valence-electron chi connectivity index (χ2n) is 3.23. The molecule has 2 nitrogen and oxygen atoms in total. The van der Waals surface area contributed by atoms with E-state index in [4.69, 9.17) is 0 Å². The summed E-state index contributed by atoms with van der Waals surface area (Å²) in [6, 6.07) is 5.65. The maximum atomic E-state index is 11.7. The number of carbonyl (C=O) groups is 1. The van der Waals surface area contributed by atoms with Gasteiger partial charge in [-0.05, 0) is 57.8 Å². The smallest absolute Gasteiger partial charge is 0.252 e. The first-order chi connectivity index (χ1) is 6.52. The Balaban J connectivity index is 2.96. The molecule has 4 heteroatoms. The lowest BCUT2D eigenvalue weighted by molar-refractivity contribution is 0.0942. The molecule has 1 aromatic rings. The van der Waals surface area contributed by atoms with Gasteiger partial charge in [0, 0.05) is 15.0 Å². The van der Waals surface area contributed by atoms with E-state index < -0.39 is 0 Å². The van der Waals surface area contributed by atoms with Gasteiger partial charge >= 0.3 is 0 Å². The summed E-state index contributed by atoms with van der Waals surface area (Å²) in [7, 11) is 0. The summed E-state index contributed by atoms with van der Waals surface area (Å²) in [5.41, 5.74) is 0.646. The summed E-state index contributed by atoms with van der Waals surface area (Å²) in [4.78, 5) is 11.7. The first kappa shape index (κ1) is 11.7. The molecule has 0 saturated heterocycles. The summed E-state index contributed by atoms with van der Waals surface area (Å²) < 4.78 is 1.67. The maximum Gasteiger partial charge on any atom is 0.252 e. The lowest BCUT2D eigenvalue weighted by Crippen LogP contribution is -2.30. The van der Waals surface area contributed by atoms with E-state index in [-0.39, 0.29) is 11.9 Å². The van der Waals surface area contributed by atoms with Crippen LogP contribution in [0.1, 0.15) is 24.2 Å². The summed E-state index contributed by atoms with van der Waals surface area (Å²) >= 11 is 6.72. The number of amides is 1. The van der Waals surface area contributed by atoms with E-state index in [1.54, 1.807) is 6.07 Å². The number of hydrogen-bond donors (Lipinski definition) is 1. The Hall–Kier alpha value is -0.350. The van der Waals surface area contributed by atoms with E-state index in [1.165, 1.54) is 0 Å². The molecule has 1 rings (SSSR count). The third-order valence-electron chi connectivity index (χ3n) is 1.62. The summed E-state index contributed by atoms with van der Waals surface area (Å²) in [5.74, 6) is -0.0619. The van der Waals surface area contributed by atoms with E-state index in [1.807, 2.05) is 26.0 Å². The number of halogens is 2. The fourth-order valence-electron chi connectivity index (χ4n) is 1.02. The van der Waals surface area contributed by atoms with Crippen molar-refractivity contribution in [1.29, 1.82) is 0 Å². The Labute approximate surface area is 100 Å². The highest BCUT2D eigenvalue weighted by molar-refractivity contribution is 9.13. The topological polar surface area (TPSA) is 29.1 Å². The Morgan fingerprint density at radius 1 is 1.36 bits per heavy atom. The summed E-state index contributed by atoms with van der Waals surface area (Å²) in [6.45, 7) is 3.87. The van der Waals surface area contributed by atoms with Crippen LogP contribution in [0, 0.1) is 0 Å². The van der Waals surface area contributed by atoms with Crippen LogP contribution >= 0.6 is 31.9 Å². The molecule has 76 valence electrons. The van der Waals surface area contributed by atoms with E-state index in [0.29, 0.717) is 5.56 Å². The monoisotopic (exact) mass is 319 g/mol. The number of rotatable bonds is 2. The van der Waals surface area contributed by atoms with E-state index in [9.17, 15) is 4.79 Å². The lowest BCUT2D eigenvalue weighted by Gasteiger charge is -2.10. The molecule has 0 bridgehead atoms. The van der Waals surface area contributed by atoms with Crippen LogP contribution < -0.4 is 5.32 Å². The van der Waals surface area contributed by atoms with Crippen molar-refractivity contribution >= 4 is 37.8 Å². The number of carbonyl (C=O) groups excluding carboxylic acids is 1. The molecule has 0 saturated carbocycles. The molecular formula is C10H11Br2NO. The Kier molecular flexibility index (Phi) is 4.13. The Bertz CT molecular complexity index is 350. The van der Waals surface area contributed by atoms with Crippen molar-refractivity contribution in [2.45, 2.75) is 19.9 Å². The molecule has 0 heterocycles. The largest absolute Gasteiger partial charge is 0.350 e. The van der Waals surface area contributed by atoms with Crippen molar-refractivity contribution in [2.75, 3.05) is 0 Å². The van der Waals surface area contributed by atoms with Gasteiger partial charge in [0.05, 0.1) is 5.56 Å². The predicted molar refractivity (Wildman–Crippen MR) is 64.4 cm³/mol. The zero-order chi connectivity index (χ0) is 10.7. The van der Waals surface area contributed by atoms with Gasteiger partial charge in [0.2, 0.25) is 0 Å². The number of hydrogen-bond acceptors (Lipinski definition) is 1. The van der Waals surface area contributed by atoms with Crippen LogP contribution in [0.15, 0.2) is 27.1 Å². The average molecular weight is 321 g/mol. The zero-order valence-electron chi connectivity index (χ0n) is 7.97. The number of benzene rings is 1. The molecule has 0 fully saturated rings. The van der Waals surface area contributed by atoms with Gasteiger partial charge in [0.15, 0.2) is 0 Å². The molecule has 0 aromatic heterocycles. The van der Waals surface area contributed by atoms with Crippen LogP contribution in [-0.2, 0) is 0 Å². The normalized spacial score (nSPS) is 10.4. The van der Waals surface area contributed by atoms with Crippen molar-refractivity contribution in [3.63, 3.8) is 0 Å². The first-order valence-corrected chi connectivity index (χ1v) is 5.86. The van der Waals surface area contributed by atoms with E-state index in [2.05, 4.69) is 37.2 Å². The van der Waals surface area contributed by atoms with Crippen molar-refractivity contribution < 1.29 is 4.79 Å². The molecule has 0 aliphatic rings. The minimum absolute atomic E-state index is 0.0619. The van der Waals surface area contributed by atoms with Crippen LogP contribution in [0.2, 0.25) is 0 Å². The van der Waals surface area contributed by atoms with Gasteiger partial charge in [-0.3, -0.25) is 4.79 Å². The summed E-state index contributed by atoms with van der Waals surface area (Å²) in [5, 5.41) is 2.84. The quantitative estimate of drug-likeness (QED) is 0.889. The molecule has 1 N–H and O–H groups in total. The SMILES string of the molecule is CC(C)NC(=O)c1cccc(Br)c1Br. The van der Waals surface area contributed by atoms with Crippen LogP contribution in [0.25, 0.3) is 0 Å². The maximum absolute atomic E-state index is 11.7. The molecule has 0 radical (unpaired) electrons. The van der Waals surface area contributed by atoms with Crippen LogP contribution in [0.3, 0.4) is 0 Å². The molecule has 14 heavy (non-hydrogen) atoms. The van der Waals surface area contributed by atoms with Gasteiger partial charge in [0.1, 0.15) is 0 Å². The fourth-order valence-corrected chi connectivity index (χ4v) is 1.83. The molecule has 0 spiro atoms. The minimum atomic E-state index is -0.0619. The van der Waals surface area contributed by atoms with Gasteiger partial charge in [-0.2, -0.15) is 0 Å². The van der Waals surface area contributed by atoms with Gasteiger partial charge in [0.25, 0.3) is 5.91 Å². The first-order valence-electron chi connectivity index (χ1n) is 4.27. The standard InChI is InChI=1S/C10H11Br2NO/c1-6(2)13-10(14)7-4-3-5-8(11)9(7)12/h3-6H,1-2H3,(H,13,14). The molecule has 1 amide bonds. The van der Waals surface area contributed by atoms with Crippen molar-refractivity contribution in [3.8, 4) is 0 Å². The average Bonchev–Trinajstić information content (AvgIpc) is 2.08. The van der Waals surface area contributed by atoms with Crippen molar-refractivity contribution in [1.82, 2.24) is 5.32 Å². The highest BCUT2D eigenvalue weighted by Crippen LogP contribution is 2.26. The zero-order valence-corrected chi connectivity index (χ0v) is 11.1. The van der Waals surface area contributed by atoms with Crippen molar-refractivity contribution in [3.05, 3.63) is 32.7 Å². The second kappa shape index (κ2) is 4.94. The van der Waals surface area contributed by atoms with Gasteiger partial charge in [-0.15, -0.1) is 0 Å². The van der Waals surface area contributed by atoms with Gasteiger partial charge in [-0.25, -0.2) is 0 Å². The molecule has 1 aromatic carbocycles. The van der Waals surface area contributed by atoms with Crippen LogP contribution in [0.5, 0.6) is 0 Å².